The Labute approximate surface area is 131 Å². The Bertz CT molecular complexity index is 654. The van der Waals surface area contributed by atoms with Gasteiger partial charge in [-0.05, 0) is 36.7 Å². The van der Waals surface area contributed by atoms with E-state index in [2.05, 4.69) is 43.4 Å². The second kappa shape index (κ2) is 6.08. The predicted molar refractivity (Wildman–Crippen MR) is 87.3 cm³/mol. The average molecular weight is 302 g/mol. The number of benzene rings is 2. The Morgan fingerprint density at radius 2 is 2.14 bits per heavy atom. The van der Waals surface area contributed by atoms with Crippen molar-refractivity contribution in [3.05, 3.63) is 63.7 Å². The van der Waals surface area contributed by atoms with E-state index in [-0.39, 0.29) is 6.04 Å². The predicted octanol–water partition coefficient (Wildman–Crippen LogP) is 4.28. The first-order valence-corrected chi connectivity index (χ1v) is 7.82. The van der Waals surface area contributed by atoms with Gasteiger partial charge < -0.3 is 10.1 Å². The monoisotopic (exact) mass is 301 g/mol. The Hall–Kier alpha value is -1.51. The maximum atomic E-state index is 6.31. The van der Waals surface area contributed by atoms with Crippen molar-refractivity contribution in [2.24, 2.45) is 0 Å². The van der Waals surface area contributed by atoms with Crippen LogP contribution in [-0.4, -0.2) is 13.2 Å². The van der Waals surface area contributed by atoms with Crippen LogP contribution in [0.1, 0.15) is 35.2 Å². The molecule has 1 heterocycles. The Kier molecular flexibility index (Phi) is 4.18. The molecule has 0 spiro atoms. The van der Waals surface area contributed by atoms with Crippen LogP contribution in [0.2, 0.25) is 5.02 Å². The van der Waals surface area contributed by atoms with Gasteiger partial charge in [-0.3, -0.25) is 0 Å². The third-order valence-electron chi connectivity index (χ3n) is 3.87. The van der Waals surface area contributed by atoms with Gasteiger partial charge in [-0.1, -0.05) is 48.4 Å². The zero-order valence-electron chi connectivity index (χ0n) is 12.4. The van der Waals surface area contributed by atoms with E-state index in [1.807, 2.05) is 12.1 Å². The number of aryl methyl sites for hydroxylation is 1. The first kappa shape index (κ1) is 14.4. The van der Waals surface area contributed by atoms with E-state index in [0.717, 1.165) is 35.9 Å². The van der Waals surface area contributed by atoms with Gasteiger partial charge in [-0.15, -0.1) is 0 Å². The van der Waals surface area contributed by atoms with Crippen molar-refractivity contribution in [2.75, 3.05) is 13.2 Å². The van der Waals surface area contributed by atoms with E-state index in [0.29, 0.717) is 0 Å². The molecule has 0 fully saturated rings. The van der Waals surface area contributed by atoms with Crippen LogP contribution < -0.4 is 10.1 Å². The van der Waals surface area contributed by atoms with Gasteiger partial charge in [0.15, 0.2) is 0 Å². The molecular formula is C18H20ClNO. The number of hydrogen-bond acceptors (Lipinski definition) is 2. The Balaban J connectivity index is 2.10. The first-order valence-electron chi connectivity index (χ1n) is 7.44. The summed E-state index contributed by atoms with van der Waals surface area (Å²) in [5.74, 6) is 1.01. The van der Waals surface area contributed by atoms with E-state index < -0.39 is 0 Å². The Morgan fingerprint density at radius 3 is 2.90 bits per heavy atom. The number of ether oxygens (including phenoxy) is 1. The lowest BCUT2D eigenvalue weighted by Gasteiger charge is -2.22. The minimum absolute atomic E-state index is 0.112. The summed E-state index contributed by atoms with van der Waals surface area (Å²) < 4.78 is 5.86. The quantitative estimate of drug-likeness (QED) is 0.910. The van der Waals surface area contributed by atoms with E-state index >= 15 is 0 Å². The third kappa shape index (κ3) is 2.92. The summed E-state index contributed by atoms with van der Waals surface area (Å²) in [5.41, 5.74) is 4.86. The topological polar surface area (TPSA) is 21.3 Å². The molecule has 2 aromatic rings. The first-order chi connectivity index (χ1) is 10.2. The van der Waals surface area contributed by atoms with Gasteiger partial charge in [0.05, 0.1) is 12.6 Å². The maximum Gasteiger partial charge on any atom is 0.127 e. The fourth-order valence-electron chi connectivity index (χ4n) is 2.97. The highest BCUT2D eigenvalue weighted by atomic mass is 35.5. The normalized spacial score (nSPS) is 14.6. The van der Waals surface area contributed by atoms with Gasteiger partial charge in [0.25, 0.3) is 0 Å². The second-order valence-corrected chi connectivity index (χ2v) is 5.92. The molecule has 1 aliphatic rings. The van der Waals surface area contributed by atoms with Crippen molar-refractivity contribution in [2.45, 2.75) is 26.3 Å². The van der Waals surface area contributed by atoms with E-state index in [4.69, 9.17) is 16.3 Å². The van der Waals surface area contributed by atoms with Gasteiger partial charge in [0.1, 0.15) is 5.75 Å². The molecular weight excluding hydrogens is 282 g/mol. The van der Waals surface area contributed by atoms with Crippen LogP contribution in [0.15, 0.2) is 36.4 Å². The molecule has 0 bridgehead atoms. The Morgan fingerprint density at radius 1 is 1.29 bits per heavy atom. The van der Waals surface area contributed by atoms with E-state index in [1.54, 1.807) is 0 Å². The zero-order valence-corrected chi connectivity index (χ0v) is 13.2. The molecule has 1 atom stereocenters. The van der Waals surface area contributed by atoms with Gasteiger partial charge in [-0.25, -0.2) is 0 Å². The highest BCUT2D eigenvalue weighted by molar-refractivity contribution is 6.30. The number of nitrogens with one attached hydrogen (secondary N) is 1. The molecule has 0 radical (unpaired) electrons. The van der Waals surface area contributed by atoms with Crippen molar-refractivity contribution in [3.8, 4) is 5.75 Å². The molecule has 1 aliphatic heterocycles. The molecule has 1 N–H and O–H groups in total. The molecule has 2 aromatic carbocycles. The van der Waals surface area contributed by atoms with Crippen molar-refractivity contribution < 1.29 is 4.74 Å². The number of rotatable bonds is 4. The van der Waals surface area contributed by atoms with Crippen LogP contribution in [0.5, 0.6) is 5.75 Å². The molecule has 0 aliphatic carbocycles. The standard InChI is InChI=1S/C18H20ClNO/c1-3-20-17(13-6-4-5-12(2)9-13)16-11-15(19)10-14-7-8-21-18(14)16/h4-6,9-11,17,20H,3,7-8H2,1-2H3. The number of fused-ring (bicyclic) bond motifs is 1. The van der Waals surface area contributed by atoms with E-state index in [1.165, 1.54) is 16.7 Å². The summed E-state index contributed by atoms with van der Waals surface area (Å²) in [6.45, 7) is 5.87. The van der Waals surface area contributed by atoms with Crippen LogP contribution in [-0.2, 0) is 6.42 Å². The molecule has 0 aromatic heterocycles. The molecule has 0 amide bonds. The average Bonchev–Trinajstić information content (AvgIpc) is 2.92. The van der Waals surface area contributed by atoms with Crippen molar-refractivity contribution in [3.63, 3.8) is 0 Å². The molecule has 21 heavy (non-hydrogen) atoms. The van der Waals surface area contributed by atoms with Gasteiger partial charge >= 0.3 is 0 Å². The summed E-state index contributed by atoms with van der Waals surface area (Å²) in [4.78, 5) is 0. The SMILES string of the molecule is CCNC(c1cccc(C)c1)c1cc(Cl)cc2c1OCC2. The summed E-state index contributed by atoms with van der Waals surface area (Å²) >= 11 is 6.31. The highest BCUT2D eigenvalue weighted by Crippen LogP contribution is 2.38. The molecule has 3 rings (SSSR count). The summed E-state index contributed by atoms with van der Waals surface area (Å²) in [6, 6.07) is 12.7. The molecule has 110 valence electrons. The lowest BCUT2D eigenvalue weighted by molar-refractivity contribution is 0.350. The molecule has 3 heteroatoms. The van der Waals surface area contributed by atoms with E-state index in [9.17, 15) is 0 Å². The molecule has 2 nitrogen and oxygen atoms in total. The minimum Gasteiger partial charge on any atom is -0.493 e. The minimum atomic E-state index is 0.112. The summed E-state index contributed by atoms with van der Waals surface area (Å²) in [7, 11) is 0. The second-order valence-electron chi connectivity index (χ2n) is 5.49. The number of hydrogen-bond donors (Lipinski definition) is 1. The van der Waals surface area contributed by atoms with Crippen LogP contribution in [0.25, 0.3) is 0 Å². The van der Waals surface area contributed by atoms with Gasteiger partial charge in [-0.2, -0.15) is 0 Å². The summed E-state index contributed by atoms with van der Waals surface area (Å²) in [5, 5.41) is 4.34. The number of halogens is 1. The van der Waals surface area contributed by atoms with Crippen LogP contribution in [0.3, 0.4) is 0 Å². The fraction of sp³-hybridized carbons (Fsp3) is 0.333. The van der Waals surface area contributed by atoms with Crippen molar-refractivity contribution in [1.82, 2.24) is 5.32 Å². The molecule has 0 saturated heterocycles. The van der Waals surface area contributed by atoms with Crippen molar-refractivity contribution >= 4 is 11.6 Å². The van der Waals surface area contributed by atoms with Crippen LogP contribution in [0, 0.1) is 6.92 Å². The van der Waals surface area contributed by atoms with Crippen LogP contribution in [0.4, 0.5) is 0 Å². The third-order valence-corrected chi connectivity index (χ3v) is 4.09. The molecule has 1 unspecified atom stereocenters. The lowest BCUT2D eigenvalue weighted by Crippen LogP contribution is -2.22. The van der Waals surface area contributed by atoms with Crippen LogP contribution >= 0.6 is 11.6 Å². The van der Waals surface area contributed by atoms with Crippen molar-refractivity contribution in [1.29, 1.82) is 0 Å². The van der Waals surface area contributed by atoms with Gasteiger partial charge in [0.2, 0.25) is 0 Å². The zero-order chi connectivity index (χ0) is 14.8. The smallest absolute Gasteiger partial charge is 0.127 e. The van der Waals surface area contributed by atoms with Gasteiger partial charge in [0, 0.05) is 17.0 Å². The highest BCUT2D eigenvalue weighted by Gasteiger charge is 2.24. The summed E-state index contributed by atoms with van der Waals surface area (Å²) in [6.07, 6.45) is 0.940. The lowest BCUT2D eigenvalue weighted by atomic mass is 9.94. The fourth-order valence-corrected chi connectivity index (χ4v) is 3.22. The molecule has 0 saturated carbocycles. The maximum absolute atomic E-state index is 6.31. The largest absolute Gasteiger partial charge is 0.493 e.